The van der Waals surface area contributed by atoms with E-state index in [2.05, 4.69) is 14.4 Å². The Kier molecular flexibility index (Phi) is 5.62. The molecular weight excluding hydrogens is 381 g/mol. The smallest absolute Gasteiger partial charge is 0.351 e. The van der Waals surface area contributed by atoms with Crippen LogP contribution >= 0.6 is 0 Å². The number of halogens is 3. The lowest BCUT2D eigenvalue weighted by molar-refractivity contribution is -0.155. The van der Waals surface area contributed by atoms with E-state index in [1.807, 2.05) is 0 Å². The van der Waals surface area contributed by atoms with Crippen molar-refractivity contribution >= 4 is 10.0 Å². The molecule has 1 fully saturated rings. The van der Waals surface area contributed by atoms with Gasteiger partial charge in [0, 0.05) is 17.7 Å². The Bertz CT molecular complexity index is 899. The lowest BCUT2D eigenvalue weighted by Gasteiger charge is -2.17. The molecule has 0 aliphatic heterocycles. The molecule has 0 bridgehead atoms. The number of benzene rings is 1. The second-order valence-corrected chi connectivity index (χ2v) is 8.55. The molecule has 1 aromatic carbocycles. The molecule has 2 aromatic rings. The van der Waals surface area contributed by atoms with Crippen LogP contribution in [-0.2, 0) is 16.2 Å². The van der Waals surface area contributed by atoms with Gasteiger partial charge in [0.1, 0.15) is 5.69 Å². The number of aryl methyl sites for hydroxylation is 1. The molecule has 27 heavy (non-hydrogen) atoms. The molecule has 5 nitrogen and oxygen atoms in total. The van der Waals surface area contributed by atoms with E-state index in [1.54, 1.807) is 13.0 Å². The molecule has 0 atom stereocenters. The van der Waals surface area contributed by atoms with Crippen molar-refractivity contribution in [2.75, 3.05) is 0 Å². The quantitative estimate of drug-likeness (QED) is 0.755. The number of nitrogens with one attached hydrogen (secondary N) is 1. The Morgan fingerprint density at radius 2 is 1.78 bits per heavy atom. The first-order valence-corrected chi connectivity index (χ1v) is 10.3. The minimum Gasteiger partial charge on any atom is -0.351 e. The molecule has 1 N–H and O–H groups in total. The van der Waals surface area contributed by atoms with E-state index < -0.39 is 22.0 Å². The van der Waals surface area contributed by atoms with Crippen LogP contribution in [0.1, 0.15) is 49.8 Å². The summed E-state index contributed by atoms with van der Waals surface area (Å²) in [6.07, 6.45) is 1.08. The van der Waals surface area contributed by atoms with E-state index in [0.717, 1.165) is 44.6 Å². The van der Waals surface area contributed by atoms with Gasteiger partial charge in [-0.1, -0.05) is 43.0 Å². The zero-order valence-corrected chi connectivity index (χ0v) is 15.7. The fourth-order valence-electron chi connectivity index (χ4n) is 3.27. The molecule has 1 aliphatic carbocycles. The summed E-state index contributed by atoms with van der Waals surface area (Å²) in [4.78, 5) is 0.0424. The third kappa shape index (κ3) is 4.70. The van der Waals surface area contributed by atoms with Gasteiger partial charge in [0.2, 0.25) is 15.8 Å². The molecule has 1 aromatic heterocycles. The summed E-state index contributed by atoms with van der Waals surface area (Å²) in [6.45, 7) is 1.65. The monoisotopic (exact) mass is 402 g/mol. The van der Waals surface area contributed by atoms with E-state index in [9.17, 15) is 21.6 Å². The van der Waals surface area contributed by atoms with Crippen LogP contribution in [0.15, 0.2) is 33.7 Å². The Morgan fingerprint density at radius 3 is 2.37 bits per heavy atom. The van der Waals surface area contributed by atoms with Crippen molar-refractivity contribution < 1.29 is 26.1 Å². The van der Waals surface area contributed by atoms with Crippen LogP contribution in [0.5, 0.6) is 0 Å². The highest BCUT2D eigenvalue weighted by Gasteiger charge is 2.36. The van der Waals surface area contributed by atoms with Crippen molar-refractivity contribution in [3.8, 4) is 11.3 Å². The zero-order valence-electron chi connectivity index (χ0n) is 14.8. The number of nitrogens with zero attached hydrogens (tertiary/aromatic N) is 1. The fourth-order valence-corrected chi connectivity index (χ4v) is 4.85. The third-order valence-corrected chi connectivity index (χ3v) is 6.40. The van der Waals surface area contributed by atoms with Crippen molar-refractivity contribution in [1.29, 1.82) is 0 Å². The molecular formula is C18H21F3N2O3S. The van der Waals surface area contributed by atoms with E-state index in [1.165, 1.54) is 12.1 Å². The summed E-state index contributed by atoms with van der Waals surface area (Å²) in [7, 11) is -3.79. The van der Waals surface area contributed by atoms with Gasteiger partial charge in [-0.2, -0.15) is 13.2 Å². The van der Waals surface area contributed by atoms with Crippen LogP contribution in [0.25, 0.3) is 11.3 Å². The van der Waals surface area contributed by atoms with Crippen molar-refractivity contribution in [3.63, 3.8) is 0 Å². The van der Waals surface area contributed by atoms with Crippen molar-refractivity contribution in [2.24, 2.45) is 0 Å². The number of aromatic nitrogens is 1. The number of hydrogen-bond donors (Lipinski definition) is 1. The van der Waals surface area contributed by atoms with Crippen LogP contribution in [0.4, 0.5) is 13.2 Å². The molecule has 0 unspecified atom stereocenters. The van der Waals surface area contributed by atoms with Gasteiger partial charge in [0.15, 0.2) is 0 Å². The molecule has 148 valence electrons. The Balaban J connectivity index is 1.89. The summed E-state index contributed by atoms with van der Waals surface area (Å²) in [6, 6.07) is 5.06. The first-order valence-electron chi connectivity index (χ1n) is 8.84. The largest absolute Gasteiger partial charge is 0.452 e. The van der Waals surface area contributed by atoms with Crippen LogP contribution in [0.3, 0.4) is 0 Å². The van der Waals surface area contributed by atoms with Crippen LogP contribution in [0, 0.1) is 6.92 Å². The summed E-state index contributed by atoms with van der Waals surface area (Å²) in [5.74, 6) is -1.22. The highest BCUT2D eigenvalue weighted by molar-refractivity contribution is 7.89. The lowest BCUT2D eigenvalue weighted by Crippen LogP contribution is -2.34. The lowest BCUT2D eigenvalue weighted by atomic mass is 10.1. The van der Waals surface area contributed by atoms with Crippen LogP contribution in [-0.4, -0.2) is 19.6 Å². The summed E-state index contributed by atoms with van der Waals surface area (Å²) >= 11 is 0. The minimum absolute atomic E-state index is 0.0424. The molecule has 9 heteroatoms. The van der Waals surface area contributed by atoms with E-state index in [4.69, 9.17) is 0 Å². The highest BCUT2D eigenvalue weighted by atomic mass is 32.2. The maximum atomic E-state index is 12.8. The average molecular weight is 402 g/mol. The Labute approximate surface area is 156 Å². The predicted octanol–water partition coefficient (Wildman–Crippen LogP) is 4.67. The molecule has 0 radical (unpaired) electrons. The topological polar surface area (TPSA) is 72.2 Å². The van der Waals surface area contributed by atoms with Gasteiger partial charge in [0.05, 0.1) is 4.90 Å². The molecule has 0 amide bonds. The van der Waals surface area contributed by atoms with Gasteiger partial charge in [-0.3, -0.25) is 0 Å². The molecule has 0 saturated heterocycles. The Hall–Kier alpha value is -1.87. The normalized spacial score (nSPS) is 17.0. The molecule has 0 spiro atoms. The van der Waals surface area contributed by atoms with E-state index >= 15 is 0 Å². The summed E-state index contributed by atoms with van der Waals surface area (Å²) in [5, 5.41) is 3.42. The molecule has 3 rings (SSSR count). The van der Waals surface area contributed by atoms with Crippen LogP contribution in [0.2, 0.25) is 0 Å². The first-order chi connectivity index (χ1) is 12.7. The van der Waals surface area contributed by atoms with Crippen molar-refractivity contribution in [1.82, 2.24) is 9.88 Å². The SMILES string of the molecule is Cc1ccc(-c2cc(C(F)(F)F)on2)cc1S(=O)(=O)NC1CCCCCC1. The molecule has 1 saturated carbocycles. The number of sulfonamides is 1. The number of hydrogen-bond acceptors (Lipinski definition) is 4. The first kappa shape index (κ1) is 19.9. The van der Waals surface area contributed by atoms with Gasteiger partial charge >= 0.3 is 6.18 Å². The maximum absolute atomic E-state index is 12.8. The van der Waals surface area contributed by atoms with E-state index in [-0.39, 0.29) is 22.2 Å². The maximum Gasteiger partial charge on any atom is 0.452 e. The van der Waals surface area contributed by atoms with Gasteiger partial charge in [-0.25, -0.2) is 13.1 Å². The Morgan fingerprint density at radius 1 is 1.11 bits per heavy atom. The third-order valence-electron chi connectivity index (χ3n) is 4.74. The molecule has 1 heterocycles. The second kappa shape index (κ2) is 7.63. The fraction of sp³-hybridized carbons (Fsp3) is 0.500. The standard InChI is InChI=1S/C18H21F3N2O3S/c1-12-8-9-13(15-11-17(26-22-15)18(19,20)21)10-16(12)27(24,25)23-14-6-4-2-3-5-7-14/h8-11,14,23H,2-7H2,1H3. The highest BCUT2D eigenvalue weighted by Crippen LogP contribution is 2.33. The zero-order chi connectivity index (χ0) is 19.7. The average Bonchev–Trinajstić information content (AvgIpc) is 2.96. The molecule has 1 aliphatic rings. The van der Waals surface area contributed by atoms with Crippen molar-refractivity contribution in [2.45, 2.75) is 62.6 Å². The van der Waals surface area contributed by atoms with Gasteiger partial charge in [0.25, 0.3) is 0 Å². The minimum atomic E-state index is -4.65. The predicted molar refractivity (Wildman–Crippen MR) is 93.5 cm³/mol. The van der Waals surface area contributed by atoms with Crippen molar-refractivity contribution in [3.05, 3.63) is 35.6 Å². The number of rotatable bonds is 4. The van der Waals surface area contributed by atoms with Gasteiger partial charge in [-0.05, 0) is 31.4 Å². The second-order valence-electron chi connectivity index (χ2n) is 6.86. The van der Waals surface area contributed by atoms with Crippen LogP contribution < -0.4 is 4.72 Å². The van der Waals surface area contributed by atoms with Gasteiger partial charge in [-0.15, -0.1) is 0 Å². The van der Waals surface area contributed by atoms with E-state index in [0.29, 0.717) is 5.56 Å². The number of alkyl halides is 3. The summed E-state index contributed by atoms with van der Waals surface area (Å²) in [5.41, 5.74) is 0.703. The van der Waals surface area contributed by atoms with Gasteiger partial charge < -0.3 is 4.52 Å². The summed E-state index contributed by atoms with van der Waals surface area (Å²) < 4.78 is 70.9.